The molecule has 0 aromatic carbocycles. The molecule has 1 atom stereocenters. The van der Waals surface area contributed by atoms with E-state index in [9.17, 15) is 0 Å². The van der Waals surface area contributed by atoms with E-state index in [0.717, 1.165) is 39.1 Å². The van der Waals surface area contributed by atoms with Crippen molar-refractivity contribution in [3.63, 3.8) is 0 Å². The highest BCUT2D eigenvalue weighted by molar-refractivity contribution is 5.78. The van der Waals surface area contributed by atoms with E-state index in [1.165, 1.54) is 0 Å². The first-order valence-corrected chi connectivity index (χ1v) is 5.44. The standard InChI is InChI=1S/C10H21N3O/c1-3-9-8-13(6-5-7-14-9)10(11)12-4-2/h9H,3-8H2,1-2H3,(H2,11,12). The fourth-order valence-corrected chi connectivity index (χ4v) is 1.61. The molecule has 4 heteroatoms. The predicted octanol–water partition coefficient (Wildman–Crippen LogP) is 0.822. The Kier molecular flexibility index (Phi) is 4.73. The zero-order chi connectivity index (χ0) is 10.4. The third-order valence-electron chi connectivity index (χ3n) is 2.45. The molecular weight excluding hydrogens is 178 g/mol. The predicted molar refractivity (Wildman–Crippen MR) is 58.4 cm³/mol. The lowest BCUT2D eigenvalue weighted by molar-refractivity contribution is 0.0583. The third kappa shape index (κ3) is 3.18. The molecule has 0 radical (unpaired) electrons. The van der Waals surface area contributed by atoms with Crippen molar-refractivity contribution in [1.29, 1.82) is 0 Å². The number of rotatable bonds is 2. The SMILES string of the molecule is CCN=C(N)N1CCCOC(CC)C1. The van der Waals surface area contributed by atoms with Crippen molar-refractivity contribution >= 4 is 5.96 Å². The Bertz CT molecular complexity index is 194. The number of nitrogens with zero attached hydrogens (tertiary/aromatic N) is 2. The molecule has 0 aromatic heterocycles. The Hall–Kier alpha value is -0.770. The first-order valence-electron chi connectivity index (χ1n) is 5.44. The van der Waals surface area contributed by atoms with Gasteiger partial charge in [0.25, 0.3) is 0 Å². The molecule has 1 fully saturated rings. The quantitative estimate of drug-likeness (QED) is 0.529. The van der Waals surface area contributed by atoms with Crippen LogP contribution in [0.5, 0.6) is 0 Å². The normalized spacial score (nSPS) is 24.9. The minimum Gasteiger partial charge on any atom is -0.376 e. The van der Waals surface area contributed by atoms with E-state index in [2.05, 4.69) is 16.8 Å². The average molecular weight is 199 g/mol. The molecule has 0 saturated carbocycles. The number of aliphatic imine (C=N–C) groups is 1. The molecule has 14 heavy (non-hydrogen) atoms. The average Bonchev–Trinajstić information content (AvgIpc) is 2.43. The fourth-order valence-electron chi connectivity index (χ4n) is 1.61. The number of hydrogen-bond acceptors (Lipinski definition) is 2. The summed E-state index contributed by atoms with van der Waals surface area (Å²) < 4.78 is 5.66. The van der Waals surface area contributed by atoms with Crippen LogP contribution < -0.4 is 5.73 Å². The van der Waals surface area contributed by atoms with E-state index < -0.39 is 0 Å². The summed E-state index contributed by atoms with van der Waals surface area (Å²) in [6.07, 6.45) is 2.38. The maximum absolute atomic E-state index is 5.87. The van der Waals surface area contributed by atoms with Gasteiger partial charge in [0.05, 0.1) is 6.10 Å². The Morgan fingerprint density at radius 3 is 3.00 bits per heavy atom. The van der Waals surface area contributed by atoms with E-state index in [4.69, 9.17) is 10.5 Å². The van der Waals surface area contributed by atoms with Crippen LogP contribution in [0, 0.1) is 0 Å². The second kappa shape index (κ2) is 5.86. The first kappa shape index (κ1) is 11.3. The van der Waals surface area contributed by atoms with Gasteiger partial charge in [-0.2, -0.15) is 0 Å². The summed E-state index contributed by atoms with van der Waals surface area (Å²) in [5.41, 5.74) is 5.87. The molecule has 4 nitrogen and oxygen atoms in total. The molecular formula is C10H21N3O. The zero-order valence-electron chi connectivity index (χ0n) is 9.20. The zero-order valence-corrected chi connectivity index (χ0v) is 9.20. The topological polar surface area (TPSA) is 50.8 Å². The molecule has 0 spiro atoms. The van der Waals surface area contributed by atoms with Crippen LogP contribution in [-0.4, -0.2) is 43.2 Å². The van der Waals surface area contributed by atoms with E-state index >= 15 is 0 Å². The van der Waals surface area contributed by atoms with Crippen LogP contribution >= 0.6 is 0 Å². The smallest absolute Gasteiger partial charge is 0.191 e. The van der Waals surface area contributed by atoms with Crippen molar-refractivity contribution < 1.29 is 4.74 Å². The Labute approximate surface area is 86.1 Å². The summed E-state index contributed by atoms with van der Waals surface area (Å²) in [5, 5.41) is 0. The van der Waals surface area contributed by atoms with Crippen LogP contribution in [0.2, 0.25) is 0 Å². The van der Waals surface area contributed by atoms with Crippen LogP contribution in [-0.2, 0) is 4.74 Å². The molecule has 2 N–H and O–H groups in total. The lowest BCUT2D eigenvalue weighted by Crippen LogP contribution is -2.41. The highest BCUT2D eigenvalue weighted by atomic mass is 16.5. The van der Waals surface area contributed by atoms with Crippen molar-refractivity contribution in [2.45, 2.75) is 32.8 Å². The van der Waals surface area contributed by atoms with Gasteiger partial charge in [-0.3, -0.25) is 4.99 Å². The van der Waals surface area contributed by atoms with Crippen molar-refractivity contribution in [2.75, 3.05) is 26.2 Å². The van der Waals surface area contributed by atoms with E-state index in [-0.39, 0.29) is 0 Å². The van der Waals surface area contributed by atoms with Gasteiger partial charge in [0, 0.05) is 26.2 Å². The Morgan fingerprint density at radius 2 is 2.36 bits per heavy atom. The molecule has 1 aliphatic heterocycles. The molecule has 82 valence electrons. The minimum atomic E-state index is 0.308. The summed E-state index contributed by atoms with van der Waals surface area (Å²) in [7, 11) is 0. The van der Waals surface area contributed by atoms with Crippen LogP contribution in [0.25, 0.3) is 0 Å². The highest BCUT2D eigenvalue weighted by Crippen LogP contribution is 2.08. The van der Waals surface area contributed by atoms with Crippen LogP contribution in [0.3, 0.4) is 0 Å². The molecule has 1 aliphatic rings. The summed E-state index contributed by atoms with van der Waals surface area (Å²) >= 11 is 0. The maximum Gasteiger partial charge on any atom is 0.191 e. The number of guanidine groups is 1. The lowest BCUT2D eigenvalue weighted by Gasteiger charge is -2.23. The first-order chi connectivity index (χ1) is 6.77. The van der Waals surface area contributed by atoms with Gasteiger partial charge in [-0.15, -0.1) is 0 Å². The molecule has 0 bridgehead atoms. The van der Waals surface area contributed by atoms with E-state index in [0.29, 0.717) is 12.1 Å². The van der Waals surface area contributed by atoms with Crippen molar-refractivity contribution in [3.05, 3.63) is 0 Å². The molecule has 0 aliphatic carbocycles. The second-order valence-electron chi connectivity index (χ2n) is 3.53. The maximum atomic E-state index is 5.87. The van der Waals surface area contributed by atoms with Gasteiger partial charge in [-0.1, -0.05) is 6.92 Å². The summed E-state index contributed by atoms with van der Waals surface area (Å²) in [4.78, 5) is 6.35. The molecule has 0 aromatic rings. The van der Waals surface area contributed by atoms with Crippen LogP contribution in [0.15, 0.2) is 4.99 Å². The number of ether oxygens (including phenoxy) is 1. The third-order valence-corrected chi connectivity index (χ3v) is 2.45. The van der Waals surface area contributed by atoms with Gasteiger partial charge in [-0.25, -0.2) is 0 Å². The van der Waals surface area contributed by atoms with E-state index in [1.54, 1.807) is 0 Å². The minimum absolute atomic E-state index is 0.308. The van der Waals surface area contributed by atoms with Gasteiger partial charge < -0.3 is 15.4 Å². The number of hydrogen-bond donors (Lipinski definition) is 1. The summed E-state index contributed by atoms with van der Waals surface area (Å²) in [6, 6.07) is 0. The molecule has 0 amide bonds. The van der Waals surface area contributed by atoms with Gasteiger partial charge in [-0.05, 0) is 19.8 Å². The molecule has 1 saturated heterocycles. The monoisotopic (exact) mass is 199 g/mol. The van der Waals surface area contributed by atoms with Gasteiger partial charge in [0.1, 0.15) is 0 Å². The molecule has 1 unspecified atom stereocenters. The van der Waals surface area contributed by atoms with Gasteiger partial charge in [0.15, 0.2) is 5.96 Å². The van der Waals surface area contributed by atoms with Crippen LogP contribution in [0.1, 0.15) is 26.7 Å². The molecule has 1 rings (SSSR count). The molecule has 1 heterocycles. The fraction of sp³-hybridized carbons (Fsp3) is 0.900. The van der Waals surface area contributed by atoms with E-state index in [1.807, 2.05) is 6.92 Å². The second-order valence-corrected chi connectivity index (χ2v) is 3.53. The van der Waals surface area contributed by atoms with Crippen molar-refractivity contribution in [2.24, 2.45) is 10.7 Å². The van der Waals surface area contributed by atoms with Crippen LogP contribution in [0.4, 0.5) is 0 Å². The summed E-state index contributed by atoms with van der Waals surface area (Å²) in [5.74, 6) is 0.663. The highest BCUT2D eigenvalue weighted by Gasteiger charge is 2.18. The Morgan fingerprint density at radius 1 is 1.57 bits per heavy atom. The lowest BCUT2D eigenvalue weighted by atomic mass is 10.2. The van der Waals surface area contributed by atoms with Crippen molar-refractivity contribution in [1.82, 2.24) is 4.90 Å². The summed E-state index contributed by atoms with van der Waals surface area (Å²) in [6.45, 7) is 7.58. The number of nitrogens with two attached hydrogens (primary N) is 1. The van der Waals surface area contributed by atoms with Crippen molar-refractivity contribution in [3.8, 4) is 0 Å². The van der Waals surface area contributed by atoms with Gasteiger partial charge >= 0.3 is 0 Å². The largest absolute Gasteiger partial charge is 0.376 e. The Balaban J connectivity index is 2.54. The van der Waals surface area contributed by atoms with Gasteiger partial charge in [0.2, 0.25) is 0 Å².